The van der Waals surface area contributed by atoms with Crippen LogP contribution in [-0.4, -0.2) is 44.0 Å². The van der Waals surface area contributed by atoms with Crippen molar-refractivity contribution in [2.24, 2.45) is 0 Å². The van der Waals surface area contributed by atoms with Gasteiger partial charge in [0, 0.05) is 38.7 Å². The van der Waals surface area contributed by atoms with Crippen LogP contribution in [0.3, 0.4) is 0 Å². The number of carbonyl (C=O) groups is 1. The van der Waals surface area contributed by atoms with E-state index < -0.39 is 0 Å². The highest BCUT2D eigenvalue weighted by molar-refractivity contribution is 9.10. The van der Waals surface area contributed by atoms with Gasteiger partial charge >= 0.3 is 0 Å². The van der Waals surface area contributed by atoms with Gasteiger partial charge in [-0.15, -0.1) is 0 Å². The topological polar surface area (TPSA) is 56.0 Å². The molecule has 2 heterocycles. The van der Waals surface area contributed by atoms with E-state index in [9.17, 15) is 4.79 Å². The Kier molecular flexibility index (Phi) is 4.36. The molecule has 102 valence electrons. The van der Waals surface area contributed by atoms with Crippen LogP contribution in [0.2, 0.25) is 0 Å². The molecule has 2 aromatic rings. The van der Waals surface area contributed by atoms with Gasteiger partial charge in [-0.2, -0.15) is 10.2 Å². The molecule has 0 saturated heterocycles. The van der Waals surface area contributed by atoms with Gasteiger partial charge in [0.15, 0.2) is 5.69 Å². The molecule has 0 radical (unpaired) electrons. The first-order chi connectivity index (χ1) is 9.11. The Balaban J connectivity index is 1.99. The molecule has 7 heteroatoms. The van der Waals surface area contributed by atoms with Crippen molar-refractivity contribution >= 4 is 21.8 Å². The molecular formula is C12H16BrN5O. The van der Waals surface area contributed by atoms with Gasteiger partial charge in [0.2, 0.25) is 0 Å². The fourth-order valence-corrected chi connectivity index (χ4v) is 2.16. The Morgan fingerprint density at radius 3 is 2.84 bits per heavy atom. The van der Waals surface area contributed by atoms with E-state index >= 15 is 0 Å². The van der Waals surface area contributed by atoms with Crippen LogP contribution in [-0.2, 0) is 13.1 Å². The monoisotopic (exact) mass is 325 g/mol. The fourth-order valence-electron chi connectivity index (χ4n) is 1.67. The van der Waals surface area contributed by atoms with Crippen molar-refractivity contribution in [3.63, 3.8) is 0 Å². The summed E-state index contributed by atoms with van der Waals surface area (Å²) in [4.78, 5) is 13.9. The minimum atomic E-state index is -0.0915. The second kappa shape index (κ2) is 6.01. The van der Waals surface area contributed by atoms with Crippen molar-refractivity contribution in [2.75, 3.05) is 13.6 Å². The predicted octanol–water partition coefficient (Wildman–Crippen LogP) is 1.63. The molecule has 0 spiro atoms. The maximum absolute atomic E-state index is 12.2. The first-order valence-corrected chi connectivity index (χ1v) is 6.87. The first-order valence-electron chi connectivity index (χ1n) is 6.07. The third-order valence-electron chi connectivity index (χ3n) is 2.81. The van der Waals surface area contributed by atoms with E-state index in [4.69, 9.17) is 0 Å². The molecular weight excluding hydrogens is 310 g/mol. The summed E-state index contributed by atoms with van der Waals surface area (Å²) >= 11 is 3.37. The molecule has 0 atom stereocenters. The van der Waals surface area contributed by atoms with Crippen LogP contribution in [0.25, 0.3) is 0 Å². The largest absolute Gasteiger partial charge is 0.338 e. The molecule has 0 bridgehead atoms. The Morgan fingerprint density at radius 1 is 1.47 bits per heavy atom. The fraction of sp³-hybridized carbons (Fsp3) is 0.417. The van der Waals surface area contributed by atoms with Crippen LogP contribution in [0.4, 0.5) is 0 Å². The van der Waals surface area contributed by atoms with Crippen molar-refractivity contribution < 1.29 is 4.79 Å². The van der Waals surface area contributed by atoms with Gasteiger partial charge in [-0.3, -0.25) is 14.2 Å². The number of carbonyl (C=O) groups excluding carboxylic acids is 1. The van der Waals surface area contributed by atoms with Gasteiger partial charge in [0.05, 0.1) is 11.0 Å². The molecule has 0 aliphatic heterocycles. The van der Waals surface area contributed by atoms with Crippen molar-refractivity contribution in [1.82, 2.24) is 24.5 Å². The molecule has 0 unspecified atom stereocenters. The minimum absolute atomic E-state index is 0.0915. The number of likely N-dealkylation sites (N-methyl/N-ethyl adjacent to an activating group) is 1. The van der Waals surface area contributed by atoms with Crippen molar-refractivity contribution in [3.8, 4) is 0 Å². The molecule has 0 aromatic carbocycles. The van der Waals surface area contributed by atoms with Crippen molar-refractivity contribution in [1.29, 1.82) is 0 Å². The highest BCUT2D eigenvalue weighted by Gasteiger charge is 2.18. The highest BCUT2D eigenvalue weighted by Crippen LogP contribution is 2.16. The lowest BCUT2D eigenvalue weighted by atomic mass is 10.3. The lowest BCUT2D eigenvalue weighted by Crippen LogP contribution is -2.30. The zero-order valence-electron chi connectivity index (χ0n) is 11.0. The standard InChI is InChI=1S/C12H16BrN5O/c1-3-17-9-10(13)11(15-17)12(19)16(2)7-8-18-6-4-5-14-18/h4-6,9H,3,7-8H2,1-2H3. The zero-order valence-corrected chi connectivity index (χ0v) is 12.5. The Hall–Kier alpha value is -1.63. The maximum Gasteiger partial charge on any atom is 0.275 e. The van der Waals surface area contributed by atoms with Gasteiger partial charge in [-0.25, -0.2) is 0 Å². The van der Waals surface area contributed by atoms with Gasteiger partial charge in [-0.1, -0.05) is 0 Å². The Bertz CT molecular complexity index is 548. The molecule has 0 N–H and O–H groups in total. The van der Waals surface area contributed by atoms with Crippen LogP contribution in [0.15, 0.2) is 29.1 Å². The number of rotatable bonds is 5. The van der Waals surface area contributed by atoms with Gasteiger partial charge in [0.1, 0.15) is 0 Å². The van der Waals surface area contributed by atoms with E-state index in [1.165, 1.54) is 0 Å². The van der Waals surface area contributed by atoms with Crippen LogP contribution in [0.5, 0.6) is 0 Å². The van der Waals surface area contributed by atoms with Crippen LogP contribution < -0.4 is 0 Å². The highest BCUT2D eigenvalue weighted by atomic mass is 79.9. The number of aromatic nitrogens is 4. The lowest BCUT2D eigenvalue weighted by molar-refractivity contribution is 0.0781. The molecule has 19 heavy (non-hydrogen) atoms. The molecule has 0 aliphatic carbocycles. The SMILES string of the molecule is CCn1cc(Br)c(C(=O)N(C)CCn2cccn2)n1. The summed E-state index contributed by atoms with van der Waals surface area (Å²) in [5, 5.41) is 8.36. The lowest BCUT2D eigenvalue weighted by Gasteiger charge is -2.16. The Morgan fingerprint density at radius 2 is 2.26 bits per heavy atom. The van der Waals surface area contributed by atoms with E-state index in [2.05, 4.69) is 26.1 Å². The van der Waals surface area contributed by atoms with Crippen LogP contribution in [0.1, 0.15) is 17.4 Å². The van der Waals surface area contributed by atoms with Crippen LogP contribution in [0, 0.1) is 0 Å². The van der Waals surface area contributed by atoms with E-state index in [1.54, 1.807) is 27.5 Å². The maximum atomic E-state index is 12.2. The summed E-state index contributed by atoms with van der Waals surface area (Å²) in [6.45, 7) is 3.98. The average Bonchev–Trinajstić information content (AvgIpc) is 3.04. The first kappa shape index (κ1) is 13.8. The second-order valence-corrected chi connectivity index (χ2v) is 5.03. The van der Waals surface area contributed by atoms with Gasteiger partial charge in [0.25, 0.3) is 5.91 Å². The van der Waals surface area contributed by atoms with Crippen molar-refractivity contribution in [3.05, 3.63) is 34.8 Å². The number of hydrogen-bond donors (Lipinski definition) is 0. The van der Waals surface area contributed by atoms with Crippen molar-refractivity contribution in [2.45, 2.75) is 20.0 Å². The number of aryl methyl sites for hydroxylation is 1. The molecule has 0 saturated carbocycles. The number of amides is 1. The summed E-state index contributed by atoms with van der Waals surface area (Å²) in [6.07, 6.45) is 5.41. The quantitative estimate of drug-likeness (QED) is 0.839. The van der Waals surface area contributed by atoms with Gasteiger partial charge < -0.3 is 4.90 Å². The Labute approximate surface area is 120 Å². The summed E-state index contributed by atoms with van der Waals surface area (Å²) in [5.74, 6) is -0.0915. The summed E-state index contributed by atoms with van der Waals surface area (Å²) < 4.78 is 4.26. The van der Waals surface area contributed by atoms with E-state index in [0.29, 0.717) is 18.8 Å². The zero-order chi connectivity index (χ0) is 13.8. The molecule has 2 aromatic heterocycles. The molecule has 0 aliphatic rings. The average molecular weight is 326 g/mol. The summed E-state index contributed by atoms with van der Waals surface area (Å²) in [6, 6.07) is 1.86. The third kappa shape index (κ3) is 3.23. The number of hydrogen-bond acceptors (Lipinski definition) is 3. The number of nitrogens with zero attached hydrogens (tertiary/aromatic N) is 5. The van der Waals surface area contributed by atoms with Gasteiger partial charge in [-0.05, 0) is 28.9 Å². The van der Waals surface area contributed by atoms with E-state index in [-0.39, 0.29) is 5.91 Å². The molecule has 6 nitrogen and oxygen atoms in total. The summed E-state index contributed by atoms with van der Waals surface area (Å²) in [7, 11) is 1.77. The molecule has 0 fully saturated rings. The minimum Gasteiger partial charge on any atom is -0.338 e. The van der Waals surface area contributed by atoms with E-state index in [1.807, 2.05) is 25.4 Å². The van der Waals surface area contributed by atoms with Crippen LogP contribution >= 0.6 is 15.9 Å². The molecule has 2 rings (SSSR count). The number of halogens is 1. The third-order valence-corrected chi connectivity index (χ3v) is 3.39. The second-order valence-electron chi connectivity index (χ2n) is 4.18. The normalized spacial score (nSPS) is 10.7. The summed E-state index contributed by atoms with van der Waals surface area (Å²) in [5.41, 5.74) is 0.449. The molecule has 1 amide bonds. The predicted molar refractivity (Wildman–Crippen MR) is 74.8 cm³/mol. The smallest absolute Gasteiger partial charge is 0.275 e. The van der Waals surface area contributed by atoms with E-state index in [0.717, 1.165) is 11.0 Å².